The van der Waals surface area contributed by atoms with Crippen molar-refractivity contribution in [2.24, 2.45) is 0 Å². The summed E-state index contributed by atoms with van der Waals surface area (Å²) in [5.41, 5.74) is 1.18. The van der Waals surface area contributed by atoms with Gasteiger partial charge in [-0.05, 0) is 6.42 Å². The van der Waals surface area contributed by atoms with Gasteiger partial charge in [-0.15, -0.1) is 11.6 Å². The van der Waals surface area contributed by atoms with Crippen LogP contribution in [0.1, 0.15) is 18.9 Å². The van der Waals surface area contributed by atoms with Gasteiger partial charge in [-0.2, -0.15) is 18.2 Å². The van der Waals surface area contributed by atoms with Gasteiger partial charge in [0.25, 0.3) is 0 Å². The van der Waals surface area contributed by atoms with Crippen molar-refractivity contribution < 1.29 is 21.1 Å². The van der Waals surface area contributed by atoms with E-state index in [1.807, 2.05) is 25.1 Å². The van der Waals surface area contributed by atoms with Crippen LogP contribution in [-0.4, -0.2) is 6.61 Å². The molecule has 3 heteroatoms. The van der Waals surface area contributed by atoms with Gasteiger partial charge >= 0.3 is 30.0 Å². The third kappa shape index (κ3) is 5.43. The fourth-order valence-electron chi connectivity index (χ4n) is 0.860. The average Bonchev–Trinajstić information content (AvgIpc) is 2.20. The molecule has 0 N–H and O–H groups in total. The summed E-state index contributed by atoms with van der Waals surface area (Å²) in [5, 5.41) is 0. The van der Waals surface area contributed by atoms with E-state index in [0.29, 0.717) is 0 Å². The first-order chi connectivity index (χ1) is 6.34. The van der Waals surface area contributed by atoms with Gasteiger partial charge in [0.1, 0.15) is 0 Å². The quantitative estimate of drug-likeness (QED) is 0.613. The minimum atomic E-state index is 0.790. The molecule has 1 aromatic rings. The average molecular weight is 295 g/mol. The third-order valence-corrected chi connectivity index (χ3v) is 1.49. The van der Waals surface area contributed by atoms with Gasteiger partial charge in [-0.25, -0.2) is 0 Å². The summed E-state index contributed by atoms with van der Waals surface area (Å²) >= 11 is 4.25. The van der Waals surface area contributed by atoms with Gasteiger partial charge in [0, 0.05) is 5.75 Å². The van der Waals surface area contributed by atoms with Gasteiger partial charge in [0.2, 0.25) is 0 Å². The Kier molecular flexibility index (Phi) is 8.79. The van der Waals surface area contributed by atoms with Crippen LogP contribution in [0.25, 0.3) is 0 Å². The van der Waals surface area contributed by atoms with Crippen LogP contribution in [0.5, 0.6) is 5.75 Å². The Labute approximate surface area is 96.9 Å². The number of hydrogen-bond donors (Lipinski definition) is 0. The summed E-state index contributed by atoms with van der Waals surface area (Å²) in [4.78, 5) is 0. The van der Waals surface area contributed by atoms with E-state index in [4.69, 9.17) is 4.74 Å². The predicted molar refractivity (Wildman–Crippen MR) is 54.7 cm³/mol. The second-order valence-corrected chi connectivity index (χ2v) is 2.54. The fourth-order valence-corrected chi connectivity index (χ4v) is 0.860. The van der Waals surface area contributed by atoms with E-state index >= 15 is 0 Å². The molecule has 0 spiro atoms. The van der Waals surface area contributed by atoms with Crippen LogP contribution in [0.15, 0.2) is 18.2 Å². The van der Waals surface area contributed by atoms with Gasteiger partial charge in [-0.3, -0.25) is 0 Å². The Balaban J connectivity index is 0.000000671. The van der Waals surface area contributed by atoms with Crippen LogP contribution in [0, 0.1) is 13.0 Å². The first-order valence-electron chi connectivity index (χ1n) is 4.21. The van der Waals surface area contributed by atoms with Gasteiger partial charge in [0.15, 0.2) is 0 Å². The van der Waals surface area contributed by atoms with Crippen LogP contribution >= 0.6 is 13.6 Å². The number of hydrogen-bond acceptors (Lipinski definition) is 1. The molecule has 0 bridgehead atoms. The zero-order chi connectivity index (χ0) is 10.1. The molecular formula is C10H13BrOZn. The molecule has 0 atom stereocenters. The van der Waals surface area contributed by atoms with Gasteiger partial charge < -0.3 is 4.74 Å². The van der Waals surface area contributed by atoms with Crippen LogP contribution in [0.3, 0.4) is 0 Å². The fraction of sp³-hybridized carbons (Fsp3) is 0.400. The first-order valence-corrected chi connectivity index (χ1v) is 11.2. The molecule has 0 aliphatic heterocycles. The number of benzene rings is 1. The van der Waals surface area contributed by atoms with E-state index in [2.05, 4.69) is 26.6 Å². The van der Waals surface area contributed by atoms with Gasteiger partial charge in [0.05, 0.1) is 6.61 Å². The summed E-state index contributed by atoms with van der Waals surface area (Å²) in [7, 11) is 0. The number of ether oxygens (including phenoxy) is 1. The molecular weight excluding hydrogens is 281 g/mol. The molecule has 1 nitrogen and oxygen atoms in total. The molecule has 0 radical (unpaired) electrons. The SMILES string of the molecule is CCCOc1c[c-]ccc1C.[Zn+][Br]. The number of halogens is 1. The maximum atomic E-state index is 5.45. The second-order valence-electron chi connectivity index (χ2n) is 2.54. The standard InChI is InChI=1S/C10H13O.BrH.Zn/c1-3-8-11-10-7-5-4-6-9(10)2;;/h4,6-7H,3,8H2,1-2H3;1H;/q-1;;+2/p-1. The molecule has 0 saturated carbocycles. The summed E-state index contributed by atoms with van der Waals surface area (Å²) < 4.78 is 5.45. The van der Waals surface area contributed by atoms with Crippen molar-refractivity contribution in [2.45, 2.75) is 20.3 Å². The summed E-state index contributed by atoms with van der Waals surface area (Å²) in [6, 6.07) is 8.77. The topological polar surface area (TPSA) is 9.23 Å². The van der Waals surface area contributed by atoms with Crippen molar-refractivity contribution in [3.63, 3.8) is 0 Å². The molecule has 0 amide bonds. The normalized spacial score (nSPS) is 8.69. The minimum absolute atomic E-state index is 0.790. The molecule has 13 heavy (non-hydrogen) atoms. The second kappa shape index (κ2) is 8.71. The Morgan fingerprint density at radius 1 is 1.54 bits per heavy atom. The Bertz CT molecular complexity index is 228. The molecule has 0 heterocycles. The summed E-state index contributed by atoms with van der Waals surface area (Å²) in [6.07, 6.45) is 1.05. The molecule has 0 fully saturated rings. The van der Waals surface area contributed by atoms with Crippen molar-refractivity contribution in [1.82, 2.24) is 0 Å². The first kappa shape index (κ1) is 13.1. The van der Waals surface area contributed by atoms with Crippen molar-refractivity contribution in [2.75, 3.05) is 6.61 Å². The maximum absolute atomic E-state index is 5.45. The zero-order valence-corrected chi connectivity index (χ0v) is 12.7. The van der Waals surface area contributed by atoms with E-state index in [-0.39, 0.29) is 0 Å². The van der Waals surface area contributed by atoms with E-state index < -0.39 is 0 Å². The molecule has 0 aromatic heterocycles. The van der Waals surface area contributed by atoms with Gasteiger partial charge in [-0.1, -0.05) is 13.8 Å². The molecule has 0 aliphatic rings. The number of rotatable bonds is 3. The molecule has 68 valence electrons. The summed E-state index contributed by atoms with van der Waals surface area (Å²) in [6.45, 7) is 4.93. The van der Waals surface area contributed by atoms with Crippen LogP contribution in [0.2, 0.25) is 0 Å². The van der Waals surface area contributed by atoms with E-state index in [9.17, 15) is 0 Å². The van der Waals surface area contributed by atoms with Crippen molar-refractivity contribution in [3.05, 3.63) is 29.8 Å². The molecule has 0 saturated heterocycles. The molecule has 0 unspecified atom stereocenters. The Morgan fingerprint density at radius 3 is 2.77 bits per heavy atom. The van der Waals surface area contributed by atoms with Crippen LogP contribution in [-0.2, 0) is 16.3 Å². The van der Waals surface area contributed by atoms with Crippen molar-refractivity contribution >= 4 is 13.6 Å². The van der Waals surface area contributed by atoms with Crippen molar-refractivity contribution in [1.29, 1.82) is 0 Å². The van der Waals surface area contributed by atoms with E-state index in [0.717, 1.165) is 18.8 Å². The molecule has 1 aromatic carbocycles. The zero-order valence-electron chi connectivity index (χ0n) is 8.14. The number of aryl methyl sites for hydroxylation is 1. The van der Waals surface area contributed by atoms with E-state index in [1.54, 1.807) is 0 Å². The molecule has 0 aliphatic carbocycles. The predicted octanol–water partition coefficient (Wildman–Crippen LogP) is 3.43. The van der Waals surface area contributed by atoms with Crippen LogP contribution < -0.4 is 4.74 Å². The summed E-state index contributed by atoms with van der Waals surface area (Å²) in [5.74, 6) is 0.953. The Hall–Kier alpha value is 0.123. The monoisotopic (exact) mass is 292 g/mol. The third-order valence-electron chi connectivity index (χ3n) is 1.49. The van der Waals surface area contributed by atoms with E-state index in [1.165, 1.54) is 21.9 Å². The van der Waals surface area contributed by atoms with Crippen LogP contribution in [0.4, 0.5) is 0 Å². The van der Waals surface area contributed by atoms with Crippen molar-refractivity contribution in [3.8, 4) is 5.75 Å². The molecule has 1 rings (SSSR count). The Morgan fingerprint density at radius 2 is 2.23 bits per heavy atom.